The quantitative estimate of drug-likeness (QED) is 0.596. The van der Waals surface area contributed by atoms with E-state index in [1.165, 1.54) is 18.4 Å². The number of hydrogen-bond acceptors (Lipinski definition) is 6. The molecule has 3 aromatic rings. The van der Waals surface area contributed by atoms with Crippen LogP contribution >= 0.6 is 0 Å². The number of ether oxygens (including phenoxy) is 1. The second-order valence-corrected chi connectivity index (χ2v) is 9.27. The number of phenolic OH excluding ortho intramolecular Hbond substituents is 1. The SMILES string of the molecule is CC(C)(C)COC(N)=O.Cc1ccc2c(N3CCCC3)nc(-c3ccccc3O)nc2c1. The lowest BCUT2D eigenvalue weighted by Crippen LogP contribution is -2.21. The van der Waals surface area contributed by atoms with E-state index in [1.807, 2.05) is 39.0 Å². The zero-order chi connectivity index (χ0) is 23.3. The monoisotopic (exact) mass is 436 g/mol. The Morgan fingerprint density at radius 2 is 1.81 bits per heavy atom. The predicted octanol–water partition coefficient (Wildman–Crippen LogP) is 5.04. The van der Waals surface area contributed by atoms with Gasteiger partial charge in [-0.25, -0.2) is 14.8 Å². The topological polar surface area (TPSA) is 102 Å². The van der Waals surface area contributed by atoms with E-state index >= 15 is 0 Å². The molecule has 0 saturated carbocycles. The van der Waals surface area contributed by atoms with E-state index in [4.69, 9.17) is 15.7 Å². The first kappa shape index (κ1) is 23.3. The molecule has 1 aliphatic rings. The number of carbonyl (C=O) groups is 1. The summed E-state index contributed by atoms with van der Waals surface area (Å²) in [6.45, 7) is 10.4. The minimum atomic E-state index is -0.704. The number of nitrogens with two attached hydrogens (primary N) is 1. The van der Waals surface area contributed by atoms with Crippen LogP contribution in [0.1, 0.15) is 39.2 Å². The Morgan fingerprint density at radius 1 is 1.12 bits per heavy atom. The molecule has 1 fully saturated rings. The van der Waals surface area contributed by atoms with Gasteiger partial charge in [-0.05, 0) is 55.0 Å². The Morgan fingerprint density at radius 3 is 2.41 bits per heavy atom. The molecule has 1 aromatic heterocycles. The van der Waals surface area contributed by atoms with Gasteiger partial charge in [-0.3, -0.25) is 0 Å². The summed E-state index contributed by atoms with van der Waals surface area (Å²) < 4.78 is 4.55. The van der Waals surface area contributed by atoms with Gasteiger partial charge in [0.25, 0.3) is 0 Å². The summed E-state index contributed by atoms with van der Waals surface area (Å²) in [4.78, 5) is 21.9. The average Bonchev–Trinajstić information content (AvgIpc) is 3.26. The number of amides is 1. The molecule has 2 heterocycles. The molecule has 0 bridgehead atoms. The van der Waals surface area contributed by atoms with Crippen LogP contribution in [0.15, 0.2) is 42.5 Å². The Kier molecular flexibility index (Phi) is 7.18. The molecule has 0 spiro atoms. The molecular formula is C25H32N4O3. The third-order valence-corrected chi connectivity index (χ3v) is 5.03. The lowest BCUT2D eigenvalue weighted by atomic mass is 9.99. The van der Waals surface area contributed by atoms with Crippen LogP contribution in [0.25, 0.3) is 22.3 Å². The maximum Gasteiger partial charge on any atom is 0.404 e. The molecule has 0 unspecified atom stereocenters. The van der Waals surface area contributed by atoms with Crippen LogP contribution < -0.4 is 10.6 Å². The second kappa shape index (κ2) is 9.85. The van der Waals surface area contributed by atoms with Gasteiger partial charge in [0.15, 0.2) is 5.82 Å². The van der Waals surface area contributed by atoms with Crippen LogP contribution in [0.5, 0.6) is 5.75 Å². The predicted molar refractivity (Wildman–Crippen MR) is 128 cm³/mol. The molecule has 170 valence electrons. The number of phenols is 1. The van der Waals surface area contributed by atoms with Crippen molar-refractivity contribution in [2.75, 3.05) is 24.6 Å². The number of hydrogen-bond donors (Lipinski definition) is 2. The van der Waals surface area contributed by atoms with Gasteiger partial charge in [0.1, 0.15) is 11.6 Å². The van der Waals surface area contributed by atoms with Crippen LogP contribution in [-0.2, 0) is 4.74 Å². The standard InChI is InChI=1S/C19H19N3O.C6H13NO2/c1-13-8-9-14-16(12-13)20-18(15-6-2-3-7-17(15)23)21-19(14)22-10-4-5-11-22;1-6(2,3)4-9-5(7)8/h2-3,6-9,12,23H,4-5,10-11H2,1H3;4H2,1-3H3,(H2,7,8). The van der Waals surface area contributed by atoms with E-state index in [1.54, 1.807) is 6.07 Å². The smallest absolute Gasteiger partial charge is 0.404 e. The van der Waals surface area contributed by atoms with Crippen LogP contribution in [0, 0.1) is 12.3 Å². The van der Waals surface area contributed by atoms with E-state index in [-0.39, 0.29) is 11.2 Å². The fraction of sp³-hybridized carbons (Fsp3) is 0.400. The zero-order valence-corrected chi connectivity index (χ0v) is 19.3. The van der Waals surface area contributed by atoms with Gasteiger partial charge in [0.05, 0.1) is 17.7 Å². The number of para-hydroxylation sites is 1. The van der Waals surface area contributed by atoms with Gasteiger partial charge >= 0.3 is 6.09 Å². The number of aryl methyl sites for hydroxylation is 1. The summed E-state index contributed by atoms with van der Waals surface area (Å²) in [5, 5.41) is 11.2. The minimum Gasteiger partial charge on any atom is -0.507 e. The number of benzene rings is 2. The van der Waals surface area contributed by atoms with E-state index in [0.29, 0.717) is 18.0 Å². The van der Waals surface area contributed by atoms with Gasteiger partial charge in [-0.15, -0.1) is 0 Å². The maximum absolute atomic E-state index is 10.2. The van der Waals surface area contributed by atoms with E-state index in [9.17, 15) is 9.90 Å². The molecule has 7 heteroatoms. The summed E-state index contributed by atoms with van der Waals surface area (Å²) in [6.07, 6.45) is 1.69. The number of primary amides is 1. The van der Waals surface area contributed by atoms with Crippen molar-refractivity contribution < 1.29 is 14.6 Å². The summed E-state index contributed by atoms with van der Waals surface area (Å²) in [5.74, 6) is 1.78. The molecule has 32 heavy (non-hydrogen) atoms. The molecule has 1 saturated heterocycles. The summed E-state index contributed by atoms with van der Waals surface area (Å²) >= 11 is 0. The van der Waals surface area contributed by atoms with Gasteiger partial charge < -0.3 is 20.5 Å². The summed E-state index contributed by atoms with van der Waals surface area (Å²) in [6, 6.07) is 13.5. The van der Waals surface area contributed by atoms with Crippen LogP contribution in [-0.4, -0.2) is 40.9 Å². The molecular weight excluding hydrogens is 404 g/mol. The van der Waals surface area contributed by atoms with E-state index < -0.39 is 6.09 Å². The molecule has 4 rings (SSSR count). The fourth-order valence-corrected chi connectivity index (χ4v) is 3.46. The third-order valence-electron chi connectivity index (χ3n) is 5.03. The van der Waals surface area contributed by atoms with E-state index in [2.05, 4.69) is 34.8 Å². The highest BCUT2D eigenvalue weighted by Gasteiger charge is 2.19. The molecule has 7 nitrogen and oxygen atoms in total. The van der Waals surface area contributed by atoms with Crippen LogP contribution in [0.4, 0.5) is 10.6 Å². The van der Waals surface area contributed by atoms with Gasteiger partial charge in [0.2, 0.25) is 0 Å². The third kappa shape index (κ3) is 6.09. The number of rotatable bonds is 3. The highest BCUT2D eigenvalue weighted by atomic mass is 16.5. The first-order valence-electron chi connectivity index (χ1n) is 10.9. The van der Waals surface area contributed by atoms with Gasteiger partial charge in [-0.2, -0.15) is 0 Å². The highest BCUT2D eigenvalue weighted by molar-refractivity contribution is 5.92. The molecule has 0 aliphatic carbocycles. The van der Waals surface area contributed by atoms with Crippen LogP contribution in [0.2, 0.25) is 0 Å². The van der Waals surface area contributed by atoms with E-state index in [0.717, 1.165) is 29.8 Å². The number of aromatic nitrogens is 2. The zero-order valence-electron chi connectivity index (χ0n) is 19.3. The molecule has 1 amide bonds. The first-order chi connectivity index (χ1) is 15.1. The van der Waals surface area contributed by atoms with Crippen molar-refractivity contribution in [3.05, 3.63) is 48.0 Å². The largest absolute Gasteiger partial charge is 0.507 e. The minimum absolute atomic E-state index is 0.00896. The average molecular weight is 437 g/mol. The van der Waals surface area contributed by atoms with Crippen molar-refractivity contribution >= 4 is 22.8 Å². The Balaban J connectivity index is 0.000000275. The number of carbonyl (C=O) groups excluding carboxylic acids is 1. The first-order valence-corrected chi connectivity index (χ1v) is 10.9. The lowest BCUT2D eigenvalue weighted by Gasteiger charge is -2.19. The van der Waals surface area contributed by atoms with Gasteiger partial charge in [0, 0.05) is 18.5 Å². The molecule has 1 aliphatic heterocycles. The second-order valence-electron chi connectivity index (χ2n) is 9.27. The normalized spacial score (nSPS) is 13.6. The number of nitrogens with zero attached hydrogens (tertiary/aromatic N) is 3. The molecule has 3 N–H and O–H groups in total. The Bertz CT molecular complexity index is 1090. The Hall–Kier alpha value is -3.35. The number of fused-ring (bicyclic) bond motifs is 1. The van der Waals surface area contributed by atoms with Gasteiger partial charge in [-0.1, -0.05) is 39.0 Å². The Labute approximate surface area is 189 Å². The van der Waals surface area contributed by atoms with Crippen molar-refractivity contribution in [2.45, 2.75) is 40.5 Å². The maximum atomic E-state index is 10.2. The molecule has 0 atom stereocenters. The van der Waals surface area contributed by atoms with Crippen LogP contribution in [0.3, 0.4) is 0 Å². The summed E-state index contributed by atoms with van der Waals surface area (Å²) in [7, 11) is 0. The van der Waals surface area contributed by atoms with Crippen molar-refractivity contribution in [3.8, 4) is 17.1 Å². The van der Waals surface area contributed by atoms with Crippen molar-refractivity contribution in [2.24, 2.45) is 11.1 Å². The summed E-state index contributed by atoms with van der Waals surface area (Å²) in [5.41, 5.74) is 7.53. The van der Waals surface area contributed by atoms with Crippen molar-refractivity contribution in [3.63, 3.8) is 0 Å². The van der Waals surface area contributed by atoms with Crippen molar-refractivity contribution in [1.82, 2.24) is 9.97 Å². The lowest BCUT2D eigenvalue weighted by molar-refractivity contribution is 0.114. The molecule has 0 radical (unpaired) electrons. The number of anilines is 1. The van der Waals surface area contributed by atoms with Crippen molar-refractivity contribution in [1.29, 1.82) is 0 Å². The number of aromatic hydroxyl groups is 1. The fourth-order valence-electron chi connectivity index (χ4n) is 3.46. The molecule has 2 aromatic carbocycles. The highest BCUT2D eigenvalue weighted by Crippen LogP contribution is 2.33.